The highest BCUT2D eigenvalue weighted by Gasteiger charge is 2.45. The van der Waals surface area contributed by atoms with Gasteiger partial charge in [0.2, 0.25) is 5.91 Å². The standard InChI is InChI=1S/C30H39ClN2O4/c1-6-32(30-19(4)37-30)23-11-13-24(14-12-23)33-28(34)16-21-15-26(35-5)27(36-18(2)3)17-25(21)29(33)20-7-9-22(31)10-8-20/h7-10,15,17-19,23-24,29-30H,6,11-14,16H2,1-5H3. The van der Waals surface area contributed by atoms with Crippen LogP contribution in [0.4, 0.5) is 0 Å². The number of hydrogen-bond donors (Lipinski definition) is 0. The second kappa shape index (κ2) is 10.8. The Hall–Kier alpha value is -2.28. The molecule has 37 heavy (non-hydrogen) atoms. The monoisotopic (exact) mass is 526 g/mol. The van der Waals surface area contributed by atoms with E-state index in [1.807, 2.05) is 44.2 Å². The first kappa shape index (κ1) is 26.3. The zero-order chi connectivity index (χ0) is 26.3. The minimum atomic E-state index is -0.190. The van der Waals surface area contributed by atoms with Crippen LogP contribution in [0.3, 0.4) is 0 Å². The Kier molecular flexibility index (Phi) is 7.71. The SMILES string of the molecule is CCN(C1CCC(N2C(=O)Cc3cc(OC)c(OC(C)C)cc3C2c2ccc(Cl)cc2)CC1)C1OC1C. The molecule has 3 atom stereocenters. The maximum absolute atomic E-state index is 13.8. The van der Waals surface area contributed by atoms with Gasteiger partial charge >= 0.3 is 0 Å². The topological polar surface area (TPSA) is 54.5 Å². The van der Waals surface area contributed by atoms with E-state index in [4.69, 9.17) is 25.8 Å². The van der Waals surface area contributed by atoms with E-state index in [9.17, 15) is 4.79 Å². The van der Waals surface area contributed by atoms with Crippen LogP contribution in [0.5, 0.6) is 11.5 Å². The van der Waals surface area contributed by atoms with Gasteiger partial charge in [0, 0.05) is 17.1 Å². The van der Waals surface area contributed by atoms with Gasteiger partial charge in [-0.3, -0.25) is 9.69 Å². The van der Waals surface area contributed by atoms with Crippen LogP contribution in [-0.2, 0) is 16.0 Å². The summed E-state index contributed by atoms with van der Waals surface area (Å²) in [6.45, 7) is 9.38. The summed E-state index contributed by atoms with van der Waals surface area (Å²) in [5.74, 6) is 1.55. The fourth-order valence-electron chi connectivity index (χ4n) is 6.32. The van der Waals surface area contributed by atoms with Gasteiger partial charge in [-0.15, -0.1) is 0 Å². The van der Waals surface area contributed by atoms with Crippen LogP contribution in [0, 0.1) is 0 Å². The molecule has 5 rings (SSSR count). The molecular weight excluding hydrogens is 488 g/mol. The summed E-state index contributed by atoms with van der Waals surface area (Å²) in [4.78, 5) is 18.5. The first-order valence-corrected chi connectivity index (χ1v) is 14.0. The second-order valence-electron chi connectivity index (χ2n) is 10.8. The van der Waals surface area contributed by atoms with Crippen molar-refractivity contribution in [1.82, 2.24) is 9.80 Å². The molecule has 1 amide bonds. The van der Waals surface area contributed by atoms with E-state index in [0.717, 1.165) is 48.9 Å². The molecule has 1 aliphatic carbocycles. The number of ether oxygens (including phenoxy) is 3. The Morgan fingerprint density at radius 2 is 1.78 bits per heavy atom. The molecule has 1 saturated heterocycles. The van der Waals surface area contributed by atoms with Crippen LogP contribution in [-0.4, -0.2) is 59.9 Å². The highest BCUT2D eigenvalue weighted by atomic mass is 35.5. The van der Waals surface area contributed by atoms with Crippen LogP contribution in [0.1, 0.15) is 76.1 Å². The zero-order valence-corrected chi connectivity index (χ0v) is 23.3. The Morgan fingerprint density at radius 3 is 2.35 bits per heavy atom. The molecule has 2 aliphatic heterocycles. The maximum Gasteiger partial charge on any atom is 0.228 e. The Balaban J connectivity index is 1.48. The van der Waals surface area contributed by atoms with E-state index in [-0.39, 0.29) is 30.3 Å². The molecule has 7 heteroatoms. The van der Waals surface area contributed by atoms with Crippen molar-refractivity contribution >= 4 is 17.5 Å². The first-order valence-electron chi connectivity index (χ1n) is 13.7. The van der Waals surface area contributed by atoms with E-state index in [1.54, 1.807) is 7.11 Å². The highest BCUT2D eigenvalue weighted by Crippen LogP contribution is 2.45. The number of halogens is 1. The van der Waals surface area contributed by atoms with Crippen molar-refractivity contribution in [2.24, 2.45) is 0 Å². The van der Waals surface area contributed by atoms with E-state index in [0.29, 0.717) is 35.1 Å². The molecule has 0 radical (unpaired) electrons. The van der Waals surface area contributed by atoms with E-state index >= 15 is 0 Å². The number of rotatable bonds is 8. The van der Waals surface area contributed by atoms with Crippen molar-refractivity contribution < 1.29 is 19.0 Å². The third kappa shape index (κ3) is 5.34. The van der Waals surface area contributed by atoms with Crippen LogP contribution in [0.2, 0.25) is 5.02 Å². The van der Waals surface area contributed by atoms with Crippen LogP contribution in [0.25, 0.3) is 0 Å². The lowest BCUT2D eigenvalue weighted by Gasteiger charge is -2.46. The number of methoxy groups -OCH3 is 1. The summed E-state index contributed by atoms with van der Waals surface area (Å²) in [7, 11) is 1.65. The van der Waals surface area contributed by atoms with Crippen LogP contribution < -0.4 is 9.47 Å². The Labute approximate surface area is 225 Å². The summed E-state index contributed by atoms with van der Waals surface area (Å²) >= 11 is 6.25. The van der Waals surface area contributed by atoms with Gasteiger partial charge in [-0.1, -0.05) is 30.7 Å². The lowest BCUT2D eigenvalue weighted by atomic mass is 9.82. The number of nitrogens with zero attached hydrogens (tertiary/aromatic N) is 2. The number of fused-ring (bicyclic) bond motifs is 1. The number of carbonyl (C=O) groups is 1. The van der Waals surface area contributed by atoms with E-state index in [1.165, 1.54) is 0 Å². The Bertz CT molecular complexity index is 1110. The lowest BCUT2D eigenvalue weighted by molar-refractivity contribution is -0.137. The summed E-state index contributed by atoms with van der Waals surface area (Å²) in [5, 5.41) is 0.688. The van der Waals surface area contributed by atoms with Crippen molar-refractivity contribution in [2.75, 3.05) is 13.7 Å². The number of hydrogen-bond acceptors (Lipinski definition) is 5. The van der Waals surface area contributed by atoms with Gasteiger partial charge in [0.15, 0.2) is 11.5 Å². The van der Waals surface area contributed by atoms with Gasteiger partial charge in [0.05, 0.1) is 31.8 Å². The average molecular weight is 527 g/mol. The Morgan fingerprint density at radius 1 is 1.11 bits per heavy atom. The predicted molar refractivity (Wildman–Crippen MR) is 145 cm³/mol. The third-order valence-corrected chi connectivity index (χ3v) is 8.33. The number of benzene rings is 2. The first-order chi connectivity index (χ1) is 17.8. The van der Waals surface area contributed by atoms with E-state index < -0.39 is 0 Å². The predicted octanol–water partition coefficient (Wildman–Crippen LogP) is 5.99. The van der Waals surface area contributed by atoms with Crippen LogP contribution in [0.15, 0.2) is 36.4 Å². The van der Waals surface area contributed by atoms with Gasteiger partial charge < -0.3 is 19.1 Å². The van der Waals surface area contributed by atoms with Crippen LogP contribution >= 0.6 is 11.6 Å². The molecule has 3 unspecified atom stereocenters. The molecule has 2 aromatic carbocycles. The number of carbonyl (C=O) groups excluding carboxylic acids is 1. The largest absolute Gasteiger partial charge is 0.493 e. The molecule has 200 valence electrons. The summed E-state index contributed by atoms with van der Waals surface area (Å²) in [6, 6.07) is 12.5. The summed E-state index contributed by atoms with van der Waals surface area (Å²) < 4.78 is 17.6. The maximum atomic E-state index is 13.8. The van der Waals surface area contributed by atoms with E-state index in [2.05, 4.69) is 29.7 Å². The number of epoxide rings is 1. The van der Waals surface area contributed by atoms with Crippen molar-refractivity contribution in [1.29, 1.82) is 0 Å². The molecule has 0 N–H and O–H groups in total. The fourth-order valence-corrected chi connectivity index (χ4v) is 6.44. The average Bonchev–Trinajstić information content (AvgIpc) is 3.60. The van der Waals surface area contributed by atoms with Gasteiger partial charge in [0.25, 0.3) is 0 Å². The highest BCUT2D eigenvalue weighted by molar-refractivity contribution is 6.30. The van der Waals surface area contributed by atoms with Gasteiger partial charge in [-0.05, 0) is 94.0 Å². The molecule has 0 aromatic heterocycles. The molecule has 2 heterocycles. The summed E-state index contributed by atoms with van der Waals surface area (Å²) in [6.07, 6.45) is 5.07. The summed E-state index contributed by atoms with van der Waals surface area (Å²) in [5.41, 5.74) is 3.17. The van der Waals surface area contributed by atoms with Crippen molar-refractivity contribution in [3.05, 3.63) is 58.1 Å². The fraction of sp³-hybridized carbons (Fsp3) is 0.567. The number of likely N-dealkylation sites (N-methyl/N-ethyl adjacent to an activating group) is 1. The lowest BCUT2D eigenvalue weighted by Crippen LogP contribution is -2.50. The molecule has 3 aliphatic rings. The molecule has 0 spiro atoms. The van der Waals surface area contributed by atoms with Gasteiger partial charge in [-0.25, -0.2) is 0 Å². The number of amides is 1. The molecule has 6 nitrogen and oxygen atoms in total. The minimum absolute atomic E-state index is 0.0113. The molecular formula is C30H39ClN2O4. The van der Waals surface area contributed by atoms with Gasteiger partial charge in [0.1, 0.15) is 6.23 Å². The van der Waals surface area contributed by atoms with Crippen molar-refractivity contribution in [3.8, 4) is 11.5 Å². The second-order valence-corrected chi connectivity index (χ2v) is 11.3. The smallest absolute Gasteiger partial charge is 0.228 e. The zero-order valence-electron chi connectivity index (χ0n) is 22.6. The van der Waals surface area contributed by atoms with Crippen molar-refractivity contribution in [2.45, 2.75) is 96.4 Å². The quantitative estimate of drug-likeness (QED) is 0.395. The minimum Gasteiger partial charge on any atom is -0.493 e. The third-order valence-electron chi connectivity index (χ3n) is 8.08. The van der Waals surface area contributed by atoms with Crippen molar-refractivity contribution in [3.63, 3.8) is 0 Å². The normalized spacial score (nSPS) is 27.4. The molecule has 2 fully saturated rings. The molecule has 0 bridgehead atoms. The van der Waals surface area contributed by atoms with Gasteiger partial charge in [-0.2, -0.15) is 0 Å². The molecule has 1 saturated carbocycles. The molecule has 2 aromatic rings.